The zero-order valence-corrected chi connectivity index (χ0v) is 26.0. The Morgan fingerprint density at radius 3 is 2.11 bits per heavy atom. The zero-order valence-electron chi connectivity index (χ0n) is 26.0. The van der Waals surface area contributed by atoms with E-state index in [4.69, 9.17) is 0 Å². The highest BCUT2D eigenvalue weighted by atomic mass is 14.4. The van der Waals surface area contributed by atoms with Gasteiger partial charge in [-0.1, -0.05) is 152 Å². The van der Waals surface area contributed by atoms with Crippen LogP contribution in [0.1, 0.15) is 36.0 Å². The molecule has 4 aliphatic rings. The van der Waals surface area contributed by atoms with Crippen LogP contribution in [0.3, 0.4) is 0 Å². The highest BCUT2D eigenvalue weighted by molar-refractivity contribution is 5.92. The van der Waals surface area contributed by atoms with Gasteiger partial charge in [0.1, 0.15) is 0 Å². The van der Waals surface area contributed by atoms with E-state index >= 15 is 0 Å². The minimum atomic E-state index is 0.261. The molecule has 0 fully saturated rings. The fourth-order valence-corrected chi connectivity index (χ4v) is 8.37. The minimum absolute atomic E-state index is 0.261. The molecule has 9 rings (SSSR count). The highest BCUT2D eigenvalue weighted by Gasteiger charge is 2.34. The fraction of sp³-hybridized carbons (Fsp3) is 0.130. The van der Waals surface area contributed by atoms with E-state index in [1.807, 2.05) is 0 Å². The van der Waals surface area contributed by atoms with Gasteiger partial charge in [-0.2, -0.15) is 0 Å². The predicted octanol–water partition coefficient (Wildman–Crippen LogP) is 9.90. The molecule has 5 aromatic rings. The van der Waals surface area contributed by atoms with Crippen LogP contribution < -0.4 is 10.4 Å². The van der Waals surface area contributed by atoms with Crippen molar-refractivity contribution in [1.29, 1.82) is 0 Å². The van der Waals surface area contributed by atoms with Crippen LogP contribution in [-0.4, -0.2) is 0 Å². The van der Waals surface area contributed by atoms with Gasteiger partial charge in [0.05, 0.1) is 0 Å². The molecular weight excluding hydrogens is 553 g/mol. The lowest BCUT2D eigenvalue weighted by Gasteiger charge is -2.36. The molecule has 220 valence electrons. The maximum atomic E-state index is 2.47. The number of aryl methyl sites for hydroxylation is 1. The Labute approximate surface area is 271 Å². The third kappa shape index (κ3) is 4.52. The lowest BCUT2D eigenvalue weighted by atomic mass is 9.67. The van der Waals surface area contributed by atoms with Crippen molar-refractivity contribution >= 4 is 28.0 Å². The Bertz CT molecular complexity index is 2320. The molecule has 0 nitrogen and oxygen atoms in total. The summed E-state index contributed by atoms with van der Waals surface area (Å²) >= 11 is 0. The lowest BCUT2D eigenvalue weighted by Crippen LogP contribution is -2.40. The first kappa shape index (κ1) is 27.1. The lowest BCUT2D eigenvalue weighted by molar-refractivity contribution is 0.678. The number of hydrogen-bond acceptors (Lipinski definition) is 0. The summed E-state index contributed by atoms with van der Waals surface area (Å²) in [5.74, 6) is 0.546. The normalized spacial score (nSPS) is 20.0. The van der Waals surface area contributed by atoms with Gasteiger partial charge < -0.3 is 0 Å². The molecule has 5 aromatic carbocycles. The van der Waals surface area contributed by atoms with Crippen LogP contribution in [0.25, 0.3) is 39.1 Å². The third-order valence-corrected chi connectivity index (χ3v) is 10.5. The van der Waals surface area contributed by atoms with Crippen LogP contribution in [-0.2, 0) is 6.42 Å². The molecule has 0 spiro atoms. The molecular formula is C46H36. The maximum absolute atomic E-state index is 2.47. The standard InChI is InChI=1S/C46H36/c1-3-15-33-29-35(27-25-31(33)13-1)37-17-5-7-19-39(37)45-41-21-9-11-23-43(41)46(44-24-12-10-22-42(44)45)40-20-8-6-18-38(40)36-28-26-32-14-2-4-16-34(32)30-36/h1-7,9-19,21-25,27,29-30,41,43H,8,20,26,28H2. The van der Waals surface area contributed by atoms with Gasteiger partial charge in [0.25, 0.3) is 0 Å². The molecule has 0 saturated carbocycles. The largest absolute Gasteiger partial charge is 0.0836 e. The molecule has 4 aliphatic carbocycles. The van der Waals surface area contributed by atoms with E-state index in [0.717, 1.165) is 25.7 Å². The Morgan fingerprint density at radius 2 is 1.24 bits per heavy atom. The van der Waals surface area contributed by atoms with Crippen LogP contribution in [0.15, 0.2) is 168 Å². The summed E-state index contributed by atoms with van der Waals surface area (Å²) in [6.07, 6.45) is 21.1. The second kappa shape index (κ2) is 11.3. The molecule has 0 N–H and O–H groups in total. The van der Waals surface area contributed by atoms with Crippen molar-refractivity contribution in [2.24, 2.45) is 11.8 Å². The minimum Gasteiger partial charge on any atom is -0.0836 e. The third-order valence-electron chi connectivity index (χ3n) is 10.5. The Kier molecular flexibility index (Phi) is 6.67. The van der Waals surface area contributed by atoms with Crippen LogP contribution in [0.4, 0.5) is 0 Å². The quantitative estimate of drug-likeness (QED) is 0.196. The van der Waals surface area contributed by atoms with E-state index in [2.05, 4.69) is 158 Å². The maximum Gasteiger partial charge on any atom is 0.0137 e. The van der Waals surface area contributed by atoms with Gasteiger partial charge in [0.15, 0.2) is 0 Å². The number of hydrogen-bond donors (Lipinski definition) is 0. The van der Waals surface area contributed by atoms with Crippen molar-refractivity contribution in [3.8, 4) is 11.1 Å². The van der Waals surface area contributed by atoms with E-state index in [9.17, 15) is 0 Å². The Balaban J connectivity index is 1.31. The molecule has 0 aromatic heterocycles. The van der Waals surface area contributed by atoms with E-state index in [0.29, 0.717) is 0 Å². The summed E-state index contributed by atoms with van der Waals surface area (Å²) in [6.45, 7) is 0. The molecule has 0 aliphatic heterocycles. The summed E-state index contributed by atoms with van der Waals surface area (Å²) in [6, 6.07) is 42.8. The van der Waals surface area contributed by atoms with Gasteiger partial charge in [-0.25, -0.2) is 0 Å². The van der Waals surface area contributed by atoms with Crippen LogP contribution in [0.2, 0.25) is 0 Å². The summed E-state index contributed by atoms with van der Waals surface area (Å²) in [4.78, 5) is 0. The molecule has 0 amide bonds. The molecule has 0 heteroatoms. The van der Waals surface area contributed by atoms with Crippen molar-refractivity contribution in [2.45, 2.75) is 25.7 Å². The van der Waals surface area contributed by atoms with Crippen LogP contribution in [0, 0.1) is 11.8 Å². The van der Waals surface area contributed by atoms with Crippen molar-refractivity contribution in [3.63, 3.8) is 0 Å². The average Bonchev–Trinajstić information content (AvgIpc) is 3.13. The zero-order chi connectivity index (χ0) is 30.5. The molecule has 0 heterocycles. The second-order valence-corrected chi connectivity index (χ2v) is 13.0. The Hall–Kier alpha value is -5.20. The van der Waals surface area contributed by atoms with E-state index in [-0.39, 0.29) is 11.8 Å². The Morgan fingerprint density at radius 1 is 0.543 bits per heavy atom. The van der Waals surface area contributed by atoms with Gasteiger partial charge in [0, 0.05) is 11.8 Å². The fourth-order valence-electron chi connectivity index (χ4n) is 8.37. The van der Waals surface area contributed by atoms with Gasteiger partial charge in [0.2, 0.25) is 0 Å². The summed E-state index contributed by atoms with van der Waals surface area (Å²) in [5, 5.41) is 5.33. The summed E-state index contributed by atoms with van der Waals surface area (Å²) in [7, 11) is 0. The first-order valence-corrected chi connectivity index (χ1v) is 16.8. The summed E-state index contributed by atoms with van der Waals surface area (Å²) < 4.78 is 0. The van der Waals surface area contributed by atoms with Gasteiger partial charge in [-0.3, -0.25) is 0 Å². The monoisotopic (exact) mass is 588 g/mol. The van der Waals surface area contributed by atoms with Crippen LogP contribution in [0.5, 0.6) is 0 Å². The first-order chi connectivity index (χ1) is 22.8. The second-order valence-electron chi connectivity index (χ2n) is 13.0. The smallest absolute Gasteiger partial charge is 0.0137 e. The topological polar surface area (TPSA) is 0 Å². The molecule has 0 saturated heterocycles. The number of allylic oxidation sites excluding steroid dienone is 9. The van der Waals surface area contributed by atoms with E-state index < -0.39 is 0 Å². The predicted molar refractivity (Wildman–Crippen MR) is 194 cm³/mol. The molecule has 2 atom stereocenters. The molecule has 46 heavy (non-hydrogen) atoms. The first-order valence-electron chi connectivity index (χ1n) is 16.8. The van der Waals surface area contributed by atoms with Crippen molar-refractivity contribution in [2.75, 3.05) is 0 Å². The van der Waals surface area contributed by atoms with E-state index in [1.54, 1.807) is 0 Å². The molecule has 2 unspecified atom stereocenters. The van der Waals surface area contributed by atoms with Crippen LogP contribution >= 0.6 is 0 Å². The van der Waals surface area contributed by atoms with Crippen molar-refractivity contribution in [3.05, 3.63) is 196 Å². The van der Waals surface area contributed by atoms with Gasteiger partial charge in [-0.05, 0) is 109 Å². The van der Waals surface area contributed by atoms with Crippen molar-refractivity contribution in [1.82, 2.24) is 0 Å². The number of rotatable bonds is 4. The van der Waals surface area contributed by atoms with Gasteiger partial charge >= 0.3 is 0 Å². The number of fused-ring (bicyclic) bond motifs is 4. The van der Waals surface area contributed by atoms with Gasteiger partial charge in [-0.15, -0.1) is 0 Å². The average molecular weight is 589 g/mol. The summed E-state index contributed by atoms with van der Waals surface area (Å²) in [5.41, 5.74) is 14.2. The number of benzene rings is 5. The highest BCUT2D eigenvalue weighted by Crippen LogP contribution is 2.46. The molecule has 0 bridgehead atoms. The SMILES string of the molecule is C1=CC2C(C3=C(C4=Cc5ccccc5CC4)C=CCC3)=c3ccccc3=C(c3ccccc3-c3ccc4ccccc4c3)C2C=C1. The molecule has 0 radical (unpaired) electrons. The van der Waals surface area contributed by atoms with Crippen molar-refractivity contribution < 1.29 is 0 Å². The van der Waals surface area contributed by atoms with E-state index in [1.165, 1.54) is 76.9 Å².